The summed E-state index contributed by atoms with van der Waals surface area (Å²) >= 11 is 0.143. The van der Waals surface area contributed by atoms with Gasteiger partial charge in [-0.1, -0.05) is 0 Å². The molecule has 4 atom stereocenters. The van der Waals surface area contributed by atoms with Gasteiger partial charge in [0.05, 0.1) is 0 Å². The van der Waals surface area contributed by atoms with Crippen molar-refractivity contribution < 1.29 is 9.53 Å². The molecule has 0 spiro atoms. The van der Waals surface area contributed by atoms with E-state index in [0.717, 1.165) is 25.0 Å². The maximum absolute atomic E-state index is 12.6. The summed E-state index contributed by atoms with van der Waals surface area (Å²) in [4.78, 5) is 12.6. The van der Waals surface area contributed by atoms with Gasteiger partial charge in [-0.15, -0.1) is 0 Å². The van der Waals surface area contributed by atoms with Crippen molar-refractivity contribution in [2.24, 2.45) is 17.8 Å². The minimum absolute atomic E-state index is 0.0543. The molecule has 1 fully saturated rings. The van der Waals surface area contributed by atoms with Crippen LogP contribution in [0.5, 0.6) is 0 Å². The van der Waals surface area contributed by atoms with Crippen LogP contribution in [0.2, 0.25) is 0 Å². The summed E-state index contributed by atoms with van der Waals surface area (Å²) in [5, 5.41) is 4.19. The van der Waals surface area contributed by atoms with Crippen LogP contribution in [-0.2, 0) is 16.0 Å². The van der Waals surface area contributed by atoms with E-state index < -0.39 is 0 Å². The molecule has 2 aliphatic carbocycles. The Bertz CT molecular complexity index is 514. The fraction of sp³-hybridized carbons (Fsp3) is 0.812. The maximum atomic E-state index is 12.6. The van der Waals surface area contributed by atoms with Crippen molar-refractivity contribution in [2.45, 2.75) is 64.9 Å². The zero-order chi connectivity index (χ0) is 15.0. The Hall–Kier alpha value is -0.671. The molecule has 0 bridgehead atoms. The second-order valence-electron chi connectivity index (χ2n) is 6.97. The normalized spacial score (nSPS) is 32.2. The van der Waals surface area contributed by atoms with Gasteiger partial charge in [-0.3, -0.25) is 0 Å². The van der Waals surface area contributed by atoms with Gasteiger partial charge in [0.15, 0.2) is 0 Å². The Labute approximate surface area is 132 Å². The first-order valence-electron chi connectivity index (χ1n) is 8.08. The molecule has 0 amide bonds. The Kier molecular flexibility index (Phi) is 4.51. The number of aryl methyl sites for hydroxylation is 1. The predicted octanol–water partition coefficient (Wildman–Crippen LogP) is 2.57. The summed E-state index contributed by atoms with van der Waals surface area (Å²) in [7, 11) is 0. The third-order valence-electron chi connectivity index (χ3n) is 5.09. The number of carbonyl (C=O) groups excluding carboxylic acids is 1. The molecule has 0 aromatic carbocycles. The average molecular weight is 355 g/mol. The molecule has 0 saturated heterocycles. The fourth-order valence-corrected chi connectivity index (χ4v) is 5.27. The first-order chi connectivity index (χ1) is 10.1. The molecule has 3 rings (SSSR count). The molecule has 2 aliphatic rings. The van der Waals surface area contributed by atoms with Crippen LogP contribution in [0.1, 0.15) is 62.5 Å². The number of ether oxygens (including phenoxy) is 1. The molecule has 21 heavy (non-hydrogen) atoms. The standard InChI is InChI=1S/C16H24N2O2Se/c1-9(2)11-5-4-10(3)8-13(11)20-16(19)12-6-7-14-15(12)17-18-21-14/h9-13H,4-8H2,1-3H3/t10-,11+,12+,13-/m1/s1. The fourth-order valence-electron chi connectivity index (χ4n) is 3.78. The van der Waals surface area contributed by atoms with E-state index in [1.165, 1.54) is 17.3 Å². The second kappa shape index (κ2) is 6.21. The van der Waals surface area contributed by atoms with Crippen LogP contribution in [0.15, 0.2) is 0 Å². The second-order valence-corrected chi connectivity index (χ2v) is 8.73. The third kappa shape index (κ3) is 3.09. The molecular weight excluding hydrogens is 331 g/mol. The monoisotopic (exact) mass is 356 g/mol. The molecule has 4 nitrogen and oxygen atoms in total. The van der Waals surface area contributed by atoms with Crippen molar-refractivity contribution in [3.8, 4) is 0 Å². The number of hydrogen-bond acceptors (Lipinski definition) is 4. The number of nitrogens with zero attached hydrogens (tertiary/aromatic N) is 2. The van der Waals surface area contributed by atoms with E-state index in [2.05, 4.69) is 30.0 Å². The summed E-state index contributed by atoms with van der Waals surface area (Å²) in [5.41, 5.74) is 0.935. The molecule has 1 heterocycles. The molecule has 1 aromatic rings. The van der Waals surface area contributed by atoms with Crippen molar-refractivity contribution in [1.29, 1.82) is 0 Å². The van der Waals surface area contributed by atoms with Gasteiger partial charge in [-0.05, 0) is 0 Å². The van der Waals surface area contributed by atoms with E-state index in [0.29, 0.717) is 17.8 Å². The van der Waals surface area contributed by atoms with Gasteiger partial charge in [0.25, 0.3) is 0 Å². The average Bonchev–Trinajstić information content (AvgIpc) is 3.00. The number of esters is 1. The van der Waals surface area contributed by atoms with E-state index in [4.69, 9.17) is 4.74 Å². The van der Waals surface area contributed by atoms with Gasteiger partial charge in [0.2, 0.25) is 0 Å². The Morgan fingerprint density at radius 1 is 1.33 bits per heavy atom. The topological polar surface area (TPSA) is 52.1 Å². The van der Waals surface area contributed by atoms with E-state index in [1.54, 1.807) is 0 Å². The van der Waals surface area contributed by atoms with E-state index in [1.807, 2.05) is 0 Å². The molecule has 0 N–H and O–H groups in total. The summed E-state index contributed by atoms with van der Waals surface area (Å²) < 4.78 is 11.4. The van der Waals surface area contributed by atoms with Gasteiger partial charge >= 0.3 is 132 Å². The molecule has 5 heteroatoms. The van der Waals surface area contributed by atoms with E-state index in [9.17, 15) is 4.79 Å². The summed E-state index contributed by atoms with van der Waals surface area (Å²) in [6.07, 6.45) is 5.40. The number of aromatic nitrogens is 2. The van der Waals surface area contributed by atoms with Crippen LogP contribution in [0.4, 0.5) is 0 Å². The van der Waals surface area contributed by atoms with E-state index >= 15 is 0 Å². The summed E-state index contributed by atoms with van der Waals surface area (Å²) in [6.45, 7) is 6.75. The van der Waals surface area contributed by atoms with Crippen LogP contribution in [0, 0.1) is 17.8 Å². The van der Waals surface area contributed by atoms with E-state index in [-0.39, 0.29) is 32.7 Å². The molecular formula is C16H24N2O2Se. The number of hydrogen-bond donors (Lipinski definition) is 0. The summed E-state index contributed by atoms with van der Waals surface area (Å²) in [5.74, 6) is 1.54. The first kappa shape index (κ1) is 15.2. The zero-order valence-electron chi connectivity index (χ0n) is 13.0. The van der Waals surface area contributed by atoms with Crippen LogP contribution in [0.25, 0.3) is 0 Å². The van der Waals surface area contributed by atoms with Crippen LogP contribution >= 0.6 is 0 Å². The number of fused-ring (bicyclic) bond motifs is 1. The van der Waals surface area contributed by atoms with Crippen molar-refractivity contribution in [3.63, 3.8) is 0 Å². The molecule has 0 unspecified atom stereocenters. The van der Waals surface area contributed by atoms with Gasteiger partial charge in [-0.2, -0.15) is 0 Å². The molecule has 1 saturated carbocycles. The van der Waals surface area contributed by atoms with Crippen molar-refractivity contribution >= 4 is 20.7 Å². The molecule has 0 radical (unpaired) electrons. The number of rotatable bonds is 3. The van der Waals surface area contributed by atoms with Gasteiger partial charge in [0.1, 0.15) is 0 Å². The minimum atomic E-state index is -0.141. The van der Waals surface area contributed by atoms with Crippen LogP contribution in [0.3, 0.4) is 0 Å². The van der Waals surface area contributed by atoms with Gasteiger partial charge in [-0.25, -0.2) is 0 Å². The van der Waals surface area contributed by atoms with Crippen molar-refractivity contribution in [3.05, 3.63) is 10.1 Å². The van der Waals surface area contributed by atoms with Crippen molar-refractivity contribution in [1.82, 2.24) is 9.19 Å². The number of carbonyl (C=O) groups is 1. The molecule has 1 aromatic heterocycles. The molecule has 116 valence electrons. The SMILES string of the molecule is CC(C)[C@@H]1CC[C@@H](C)C[C@H]1OC(=O)[C@H]1CCc2[se]nnc21. The first-order valence-corrected chi connectivity index (χ1v) is 9.70. The van der Waals surface area contributed by atoms with Crippen LogP contribution in [-0.4, -0.2) is 36.0 Å². The van der Waals surface area contributed by atoms with Crippen LogP contribution < -0.4 is 0 Å². The quantitative estimate of drug-likeness (QED) is 0.618. The Morgan fingerprint density at radius 3 is 2.90 bits per heavy atom. The zero-order valence-corrected chi connectivity index (χ0v) is 14.8. The molecule has 0 aliphatic heterocycles. The van der Waals surface area contributed by atoms with Gasteiger partial charge < -0.3 is 0 Å². The third-order valence-corrected chi connectivity index (χ3v) is 6.76. The Balaban J connectivity index is 1.68. The van der Waals surface area contributed by atoms with Crippen molar-refractivity contribution in [2.75, 3.05) is 0 Å². The predicted molar refractivity (Wildman–Crippen MR) is 81.3 cm³/mol. The van der Waals surface area contributed by atoms with Gasteiger partial charge in [0, 0.05) is 0 Å². The summed E-state index contributed by atoms with van der Waals surface area (Å²) in [6, 6.07) is 0. The Morgan fingerprint density at radius 2 is 2.14 bits per heavy atom.